The molecule has 0 radical (unpaired) electrons. The zero-order valence-corrected chi connectivity index (χ0v) is 19.8. The number of pyridine rings is 1. The van der Waals surface area contributed by atoms with Crippen LogP contribution in [0.15, 0.2) is 23.3 Å². The number of aromatic nitrogens is 1. The fraction of sp³-hybridized carbons (Fsp3) is 0.750. The van der Waals surface area contributed by atoms with E-state index in [9.17, 15) is 0 Å². The SMILES string of the molecule is CN=C(NCc1ccnc(N2CCCCCC2)c1)NC1CCN(CCOC(C)C)CC1. The van der Waals surface area contributed by atoms with E-state index in [4.69, 9.17) is 4.74 Å². The summed E-state index contributed by atoms with van der Waals surface area (Å²) in [6, 6.07) is 4.79. The maximum Gasteiger partial charge on any atom is 0.191 e. The van der Waals surface area contributed by atoms with Crippen molar-refractivity contribution in [2.24, 2.45) is 4.99 Å². The Bertz CT molecular complexity index is 664. The molecular weight excluding hydrogens is 388 g/mol. The third kappa shape index (κ3) is 8.30. The second-order valence-electron chi connectivity index (χ2n) is 9.03. The van der Waals surface area contributed by atoms with Crippen LogP contribution in [-0.4, -0.2) is 74.4 Å². The molecule has 0 unspecified atom stereocenters. The van der Waals surface area contributed by atoms with Crippen molar-refractivity contribution in [2.45, 2.75) is 71.1 Å². The number of ether oxygens (including phenoxy) is 1. The van der Waals surface area contributed by atoms with E-state index in [-0.39, 0.29) is 0 Å². The second-order valence-corrected chi connectivity index (χ2v) is 9.03. The van der Waals surface area contributed by atoms with Crippen molar-refractivity contribution in [1.29, 1.82) is 0 Å². The number of anilines is 1. The van der Waals surface area contributed by atoms with Crippen LogP contribution in [0.4, 0.5) is 5.82 Å². The summed E-state index contributed by atoms with van der Waals surface area (Å²) in [5, 5.41) is 7.10. The van der Waals surface area contributed by atoms with Gasteiger partial charge in [0, 0.05) is 58.6 Å². The highest BCUT2D eigenvalue weighted by Gasteiger charge is 2.20. The Morgan fingerprint density at radius 2 is 1.90 bits per heavy atom. The molecule has 2 fully saturated rings. The number of nitrogens with one attached hydrogen (secondary N) is 2. The number of aliphatic imine (C=N–C) groups is 1. The summed E-state index contributed by atoms with van der Waals surface area (Å²) < 4.78 is 5.69. The summed E-state index contributed by atoms with van der Waals surface area (Å²) in [5.41, 5.74) is 1.25. The molecule has 2 aliphatic heterocycles. The summed E-state index contributed by atoms with van der Waals surface area (Å²) in [7, 11) is 1.85. The van der Waals surface area contributed by atoms with Gasteiger partial charge in [0.2, 0.25) is 0 Å². The van der Waals surface area contributed by atoms with Crippen molar-refractivity contribution in [1.82, 2.24) is 20.5 Å². The predicted octanol–water partition coefficient (Wildman–Crippen LogP) is 3.02. The van der Waals surface area contributed by atoms with Crippen LogP contribution in [0.5, 0.6) is 0 Å². The van der Waals surface area contributed by atoms with E-state index >= 15 is 0 Å². The van der Waals surface area contributed by atoms with Crippen molar-refractivity contribution in [3.05, 3.63) is 23.9 Å². The minimum atomic E-state index is 0.314. The number of hydrogen-bond donors (Lipinski definition) is 2. The molecule has 174 valence electrons. The molecular formula is C24H42N6O. The van der Waals surface area contributed by atoms with Gasteiger partial charge in [0.25, 0.3) is 0 Å². The fourth-order valence-corrected chi connectivity index (χ4v) is 4.34. The predicted molar refractivity (Wildman–Crippen MR) is 129 cm³/mol. The lowest BCUT2D eigenvalue weighted by molar-refractivity contribution is 0.0532. The molecule has 3 heterocycles. The molecule has 1 aromatic rings. The minimum Gasteiger partial charge on any atom is -0.377 e. The summed E-state index contributed by atoms with van der Waals surface area (Å²) in [4.78, 5) is 14.0. The van der Waals surface area contributed by atoms with Crippen LogP contribution < -0.4 is 15.5 Å². The molecule has 2 saturated heterocycles. The average Bonchev–Trinajstić information content (AvgIpc) is 3.07. The third-order valence-corrected chi connectivity index (χ3v) is 6.21. The second kappa shape index (κ2) is 12.9. The molecule has 0 atom stereocenters. The topological polar surface area (TPSA) is 65.0 Å². The van der Waals surface area contributed by atoms with Gasteiger partial charge in [-0.05, 0) is 57.2 Å². The molecule has 0 saturated carbocycles. The first kappa shape index (κ1) is 23.8. The maximum atomic E-state index is 5.69. The zero-order chi connectivity index (χ0) is 21.9. The lowest BCUT2D eigenvalue weighted by Gasteiger charge is -2.33. The zero-order valence-electron chi connectivity index (χ0n) is 19.8. The Morgan fingerprint density at radius 1 is 1.16 bits per heavy atom. The summed E-state index contributed by atoms with van der Waals surface area (Å²) in [5.74, 6) is 1.99. The van der Waals surface area contributed by atoms with Crippen molar-refractivity contribution in [2.75, 3.05) is 51.3 Å². The number of likely N-dealkylation sites (tertiary alicyclic amines) is 1. The Morgan fingerprint density at radius 3 is 2.58 bits per heavy atom. The largest absolute Gasteiger partial charge is 0.377 e. The Labute approximate surface area is 188 Å². The monoisotopic (exact) mass is 430 g/mol. The number of hydrogen-bond acceptors (Lipinski definition) is 5. The molecule has 2 N–H and O–H groups in total. The molecule has 0 bridgehead atoms. The van der Waals surface area contributed by atoms with E-state index in [1.807, 2.05) is 13.2 Å². The van der Waals surface area contributed by atoms with Crippen LogP contribution in [0.3, 0.4) is 0 Å². The quantitative estimate of drug-likeness (QED) is 0.488. The molecule has 7 heteroatoms. The summed E-state index contributed by atoms with van der Waals surface area (Å²) in [6.45, 7) is 11.3. The van der Waals surface area contributed by atoms with Gasteiger partial charge < -0.3 is 25.2 Å². The Hall–Kier alpha value is -1.86. The van der Waals surface area contributed by atoms with Gasteiger partial charge in [-0.25, -0.2) is 4.98 Å². The maximum absolute atomic E-state index is 5.69. The van der Waals surface area contributed by atoms with Gasteiger partial charge in [0.15, 0.2) is 5.96 Å². The van der Waals surface area contributed by atoms with Crippen LogP contribution in [0, 0.1) is 0 Å². The van der Waals surface area contributed by atoms with Crippen LogP contribution in [-0.2, 0) is 11.3 Å². The van der Waals surface area contributed by atoms with E-state index in [0.29, 0.717) is 12.1 Å². The lowest BCUT2D eigenvalue weighted by Crippen LogP contribution is -2.49. The first-order valence-electron chi connectivity index (χ1n) is 12.1. The fourth-order valence-electron chi connectivity index (χ4n) is 4.34. The molecule has 0 aliphatic carbocycles. The number of rotatable bonds is 8. The van der Waals surface area contributed by atoms with E-state index in [0.717, 1.165) is 70.5 Å². The molecule has 3 rings (SSSR count). The number of piperidine rings is 1. The first-order valence-corrected chi connectivity index (χ1v) is 12.1. The third-order valence-electron chi connectivity index (χ3n) is 6.21. The number of nitrogens with zero attached hydrogens (tertiary/aromatic N) is 4. The molecule has 0 aromatic carbocycles. The minimum absolute atomic E-state index is 0.314. The molecule has 2 aliphatic rings. The van der Waals surface area contributed by atoms with E-state index in [1.165, 1.54) is 31.2 Å². The average molecular weight is 431 g/mol. The van der Waals surface area contributed by atoms with Crippen molar-refractivity contribution in [3.8, 4) is 0 Å². The van der Waals surface area contributed by atoms with Gasteiger partial charge in [0.05, 0.1) is 12.7 Å². The van der Waals surface area contributed by atoms with Crippen LogP contribution in [0.25, 0.3) is 0 Å². The van der Waals surface area contributed by atoms with Gasteiger partial charge in [-0.2, -0.15) is 0 Å². The first-order chi connectivity index (χ1) is 15.1. The molecule has 0 amide bonds. The van der Waals surface area contributed by atoms with E-state index < -0.39 is 0 Å². The van der Waals surface area contributed by atoms with Crippen molar-refractivity contribution >= 4 is 11.8 Å². The molecule has 1 aromatic heterocycles. The van der Waals surface area contributed by atoms with Crippen LogP contribution >= 0.6 is 0 Å². The molecule has 31 heavy (non-hydrogen) atoms. The van der Waals surface area contributed by atoms with Crippen LogP contribution in [0.1, 0.15) is 57.9 Å². The standard InChI is InChI=1S/C24H42N6O/c1-20(2)31-17-16-29-14-9-22(10-15-29)28-24(25-3)27-19-21-8-11-26-23(18-21)30-12-6-4-5-7-13-30/h8,11,18,20,22H,4-7,9-10,12-17,19H2,1-3H3,(H2,25,27,28). The van der Waals surface area contributed by atoms with Gasteiger partial charge >= 0.3 is 0 Å². The van der Waals surface area contributed by atoms with Crippen molar-refractivity contribution in [3.63, 3.8) is 0 Å². The van der Waals surface area contributed by atoms with Crippen LogP contribution in [0.2, 0.25) is 0 Å². The summed E-state index contributed by atoms with van der Waals surface area (Å²) >= 11 is 0. The Kier molecular flexibility index (Phi) is 9.87. The van der Waals surface area contributed by atoms with Crippen molar-refractivity contribution < 1.29 is 4.74 Å². The Balaban J connectivity index is 1.41. The van der Waals surface area contributed by atoms with Gasteiger partial charge in [0.1, 0.15) is 5.82 Å². The summed E-state index contributed by atoms with van der Waals surface area (Å²) in [6.07, 6.45) is 9.73. The lowest BCUT2D eigenvalue weighted by atomic mass is 10.1. The number of guanidine groups is 1. The highest BCUT2D eigenvalue weighted by Crippen LogP contribution is 2.18. The molecule has 7 nitrogen and oxygen atoms in total. The van der Waals surface area contributed by atoms with E-state index in [1.54, 1.807) is 0 Å². The normalized spacial score (nSPS) is 19.5. The van der Waals surface area contributed by atoms with Gasteiger partial charge in [-0.15, -0.1) is 0 Å². The smallest absolute Gasteiger partial charge is 0.191 e. The highest BCUT2D eigenvalue weighted by atomic mass is 16.5. The van der Waals surface area contributed by atoms with E-state index in [2.05, 4.69) is 56.4 Å². The molecule has 0 spiro atoms. The highest BCUT2D eigenvalue weighted by molar-refractivity contribution is 5.80. The van der Waals surface area contributed by atoms with Gasteiger partial charge in [-0.3, -0.25) is 4.99 Å². The van der Waals surface area contributed by atoms with Gasteiger partial charge in [-0.1, -0.05) is 12.8 Å².